The van der Waals surface area contributed by atoms with Crippen molar-refractivity contribution in [3.63, 3.8) is 0 Å². The van der Waals surface area contributed by atoms with Crippen molar-refractivity contribution >= 4 is 41.0 Å². The Labute approximate surface area is 188 Å². The van der Waals surface area contributed by atoms with Crippen LogP contribution in [0.15, 0.2) is 42.1 Å². The summed E-state index contributed by atoms with van der Waals surface area (Å²) < 4.78 is 3.41. The van der Waals surface area contributed by atoms with Crippen molar-refractivity contribution < 1.29 is 4.79 Å². The standard InChI is InChI=1S/C19H23N11OS/c1-3-21-16-25-17(22-4-2)30-18(26-16)27-28-19(30)32-10-15(31)24-14-8-6-5-7-13(14)9-29-12-20-11-23-29/h5-8,11-12H,3-4,9-10H2,1-2H3,(H,24,31)(H2,21,22,25,26,27). The van der Waals surface area contributed by atoms with Gasteiger partial charge in [0, 0.05) is 18.8 Å². The van der Waals surface area contributed by atoms with Gasteiger partial charge >= 0.3 is 0 Å². The predicted molar refractivity (Wildman–Crippen MR) is 122 cm³/mol. The second-order valence-corrected chi connectivity index (χ2v) is 7.58. The van der Waals surface area contributed by atoms with Gasteiger partial charge in [0.05, 0.1) is 12.3 Å². The molecule has 3 aromatic heterocycles. The molecule has 4 aromatic rings. The number of aromatic nitrogens is 8. The van der Waals surface area contributed by atoms with Crippen molar-refractivity contribution in [2.75, 3.05) is 34.8 Å². The van der Waals surface area contributed by atoms with Crippen LogP contribution in [-0.4, -0.2) is 64.1 Å². The van der Waals surface area contributed by atoms with E-state index in [4.69, 9.17) is 0 Å². The summed E-state index contributed by atoms with van der Waals surface area (Å²) in [7, 11) is 0. The van der Waals surface area contributed by atoms with Gasteiger partial charge in [-0.2, -0.15) is 15.1 Å². The Hall–Kier alpha value is -3.74. The van der Waals surface area contributed by atoms with Gasteiger partial charge in [-0.15, -0.1) is 10.2 Å². The molecule has 4 rings (SSSR count). The quantitative estimate of drug-likeness (QED) is 0.304. The second kappa shape index (κ2) is 10.0. The van der Waals surface area contributed by atoms with Gasteiger partial charge in [-0.1, -0.05) is 30.0 Å². The number of fused-ring (bicyclic) bond motifs is 1. The van der Waals surface area contributed by atoms with Gasteiger partial charge in [0.25, 0.3) is 5.78 Å². The molecule has 0 spiro atoms. The summed E-state index contributed by atoms with van der Waals surface area (Å²) in [5.41, 5.74) is 1.66. The number of benzene rings is 1. The number of thioether (sulfide) groups is 1. The first-order valence-electron chi connectivity index (χ1n) is 10.1. The lowest BCUT2D eigenvalue weighted by atomic mass is 10.2. The molecule has 0 aliphatic carbocycles. The molecule has 3 N–H and O–H groups in total. The number of nitrogens with one attached hydrogen (secondary N) is 3. The lowest BCUT2D eigenvalue weighted by Gasteiger charge is -2.11. The molecule has 3 heterocycles. The number of carbonyl (C=O) groups is 1. The van der Waals surface area contributed by atoms with Crippen LogP contribution in [0.4, 0.5) is 17.6 Å². The Balaban J connectivity index is 1.47. The van der Waals surface area contributed by atoms with E-state index in [0.29, 0.717) is 42.5 Å². The summed E-state index contributed by atoms with van der Waals surface area (Å²) in [5, 5.41) is 22.2. The Kier molecular flexibility index (Phi) is 6.75. The van der Waals surface area contributed by atoms with Gasteiger partial charge in [-0.05, 0) is 25.5 Å². The molecule has 1 aromatic carbocycles. The SMILES string of the molecule is CCNc1nc(NCC)n2c(SCC(=O)Nc3ccccc3Cn3cncn3)nnc2n1. The first-order chi connectivity index (χ1) is 15.7. The summed E-state index contributed by atoms with van der Waals surface area (Å²) in [6.45, 7) is 5.81. The Morgan fingerprint density at radius 2 is 1.94 bits per heavy atom. The number of amides is 1. The number of para-hydroxylation sites is 1. The van der Waals surface area contributed by atoms with Crippen molar-refractivity contribution in [3.8, 4) is 0 Å². The van der Waals surface area contributed by atoms with E-state index >= 15 is 0 Å². The average Bonchev–Trinajstić information content (AvgIpc) is 3.44. The molecule has 0 aliphatic rings. The van der Waals surface area contributed by atoms with Crippen LogP contribution < -0.4 is 16.0 Å². The van der Waals surface area contributed by atoms with Crippen molar-refractivity contribution in [1.29, 1.82) is 0 Å². The maximum absolute atomic E-state index is 12.7. The van der Waals surface area contributed by atoms with Crippen LogP contribution >= 0.6 is 11.8 Å². The van der Waals surface area contributed by atoms with Gasteiger partial charge < -0.3 is 16.0 Å². The van der Waals surface area contributed by atoms with E-state index in [1.54, 1.807) is 15.4 Å². The summed E-state index contributed by atoms with van der Waals surface area (Å²) in [6.07, 6.45) is 3.11. The number of nitrogens with zero attached hydrogens (tertiary/aromatic N) is 8. The van der Waals surface area contributed by atoms with Gasteiger partial charge in [0.15, 0.2) is 5.16 Å². The van der Waals surface area contributed by atoms with Crippen molar-refractivity contribution in [2.45, 2.75) is 25.5 Å². The average molecular weight is 454 g/mol. The van der Waals surface area contributed by atoms with Crippen LogP contribution in [0.2, 0.25) is 0 Å². The number of hydrogen-bond acceptors (Lipinski definition) is 10. The minimum absolute atomic E-state index is 0.152. The topological polar surface area (TPSA) is 140 Å². The van der Waals surface area contributed by atoms with Crippen LogP contribution in [0.25, 0.3) is 5.78 Å². The number of hydrogen-bond donors (Lipinski definition) is 3. The number of carbonyl (C=O) groups excluding carboxylic acids is 1. The molecule has 0 radical (unpaired) electrons. The zero-order chi connectivity index (χ0) is 22.3. The highest BCUT2D eigenvalue weighted by atomic mass is 32.2. The Morgan fingerprint density at radius 1 is 1.09 bits per heavy atom. The fourth-order valence-corrected chi connectivity index (χ4v) is 3.71. The maximum Gasteiger partial charge on any atom is 0.261 e. The molecule has 0 saturated heterocycles. The van der Waals surface area contributed by atoms with E-state index in [1.165, 1.54) is 18.1 Å². The number of rotatable bonds is 10. The maximum atomic E-state index is 12.7. The van der Waals surface area contributed by atoms with Crippen LogP contribution in [0, 0.1) is 0 Å². The Morgan fingerprint density at radius 3 is 2.72 bits per heavy atom. The monoisotopic (exact) mass is 453 g/mol. The van der Waals surface area contributed by atoms with Crippen molar-refractivity contribution in [3.05, 3.63) is 42.5 Å². The van der Waals surface area contributed by atoms with Crippen molar-refractivity contribution in [2.24, 2.45) is 0 Å². The molecule has 12 nitrogen and oxygen atoms in total. The molecule has 0 fully saturated rings. The fraction of sp³-hybridized carbons (Fsp3) is 0.316. The normalized spacial score (nSPS) is 10.9. The molecule has 0 aliphatic heterocycles. The summed E-state index contributed by atoms with van der Waals surface area (Å²) >= 11 is 1.26. The molecule has 0 atom stereocenters. The lowest BCUT2D eigenvalue weighted by molar-refractivity contribution is -0.113. The highest BCUT2D eigenvalue weighted by Crippen LogP contribution is 2.22. The third kappa shape index (κ3) is 4.94. The predicted octanol–water partition coefficient (Wildman–Crippen LogP) is 1.75. The zero-order valence-corrected chi connectivity index (χ0v) is 18.5. The minimum Gasteiger partial charge on any atom is -0.355 e. The van der Waals surface area contributed by atoms with E-state index in [-0.39, 0.29) is 11.7 Å². The van der Waals surface area contributed by atoms with E-state index in [0.717, 1.165) is 11.3 Å². The fourth-order valence-electron chi connectivity index (χ4n) is 2.98. The molecule has 1 amide bonds. The van der Waals surface area contributed by atoms with Gasteiger partial charge in [-0.25, -0.2) is 14.1 Å². The summed E-state index contributed by atoms with van der Waals surface area (Å²) in [6, 6.07) is 7.60. The summed E-state index contributed by atoms with van der Waals surface area (Å²) in [5.74, 6) is 1.45. The zero-order valence-electron chi connectivity index (χ0n) is 17.7. The largest absolute Gasteiger partial charge is 0.355 e. The van der Waals surface area contributed by atoms with E-state index in [1.807, 2.05) is 38.1 Å². The first-order valence-corrected chi connectivity index (χ1v) is 11.1. The van der Waals surface area contributed by atoms with E-state index in [9.17, 15) is 4.79 Å². The molecule has 13 heteroatoms. The van der Waals surface area contributed by atoms with E-state index in [2.05, 4.69) is 46.2 Å². The van der Waals surface area contributed by atoms with Crippen LogP contribution in [-0.2, 0) is 11.3 Å². The highest BCUT2D eigenvalue weighted by Gasteiger charge is 2.16. The molecule has 32 heavy (non-hydrogen) atoms. The van der Waals surface area contributed by atoms with Crippen LogP contribution in [0.5, 0.6) is 0 Å². The summed E-state index contributed by atoms with van der Waals surface area (Å²) in [4.78, 5) is 25.5. The second-order valence-electron chi connectivity index (χ2n) is 6.64. The third-order valence-electron chi connectivity index (χ3n) is 4.34. The Bertz CT molecular complexity index is 1190. The highest BCUT2D eigenvalue weighted by molar-refractivity contribution is 7.99. The molecule has 0 saturated carbocycles. The van der Waals surface area contributed by atoms with Crippen LogP contribution in [0.1, 0.15) is 19.4 Å². The molecule has 0 unspecified atom stereocenters. The third-order valence-corrected chi connectivity index (χ3v) is 5.27. The number of anilines is 3. The molecular weight excluding hydrogens is 430 g/mol. The van der Waals surface area contributed by atoms with Gasteiger partial charge in [0.2, 0.25) is 17.8 Å². The molecular formula is C19H23N11OS. The molecule has 166 valence electrons. The van der Waals surface area contributed by atoms with Gasteiger partial charge in [-0.3, -0.25) is 4.79 Å². The first kappa shape index (κ1) is 21.5. The van der Waals surface area contributed by atoms with Crippen molar-refractivity contribution in [1.82, 2.24) is 39.3 Å². The van der Waals surface area contributed by atoms with Crippen LogP contribution in [0.3, 0.4) is 0 Å². The van der Waals surface area contributed by atoms with Gasteiger partial charge in [0.1, 0.15) is 12.7 Å². The van der Waals surface area contributed by atoms with E-state index < -0.39 is 0 Å². The molecule has 0 bridgehead atoms. The smallest absolute Gasteiger partial charge is 0.261 e. The minimum atomic E-state index is -0.159. The lowest BCUT2D eigenvalue weighted by Crippen LogP contribution is -2.16.